The zero-order chi connectivity index (χ0) is 14.8. The Hall–Kier alpha value is -1.68. The Labute approximate surface area is 132 Å². The van der Waals surface area contributed by atoms with Crippen molar-refractivity contribution in [2.24, 2.45) is 5.92 Å². The lowest BCUT2D eigenvalue weighted by Gasteiger charge is -2.43. The van der Waals surface area contributed by atoms with E-state index in [1.165, 1.54) is 45.1 Å². The molecular weight excluding hydrogens is 272 g/mol. The molecule has 1 aromatic heterocycles. The predicted octanol–water partition coefficient (Wildman–Crippen LogP) is 3.42. The number of rotatable bonds is 3. The number of hydrogen-bond donors (Lipinski definition) is 0. The maximum atomic E-state index is 4.68. The van der Waals surface area contributed by atoms with Gasteiger partial charge in [-0.1, -0.05) is 31.0 Å². The van der Waals surface area contributed by atoms with Crippen molar-refractivity contribution in [1.82, 2.24) is 19.9 Å². The predicted molar refractivity (Wildman–Crippen MR) is 86.7 cm³/mol. The van der Waals surface area contributed by atoms with Crippen molar-refractivity contribution in [2.45, 2.75) is 51.1 Å². The fourth-order valence-electron chi connectivity index (χ4n) is 4.19. The van der Waals surface area contributed by atoms with E-state index in [4.69, 9.17) is 0 Å². The lowest BCUT2D eigenvalue weighted by atomic mass is 9.78. The van der Waals surface area contributed by atoms with Gasteiger partial charge in [0.15, 0.2) is 0 Å². The van der Waals surface area contributed by atoms with Gasteiger partial charge in [0.1, 0.15) is 0 Å². The second kappa shape index (κ2) is 6.21. The van der Waals surface area contributed by atoms with Crippen LogP contribution < -0.4 is 0 Å². The SMILES string of the molecule is c1ccc(-n2ncc(CN3CCC[C@@H]4CCCC[C@@H]43)n2)cc1. The highest BCUT2D eigenvalue weighted by Gasteiger charge is 2.33. The molecule has 2 fully saturated rings. The summed E-state index contributed by atoms with van der Waals surface area (Å²) < 4.78 is 0. The highest BCUT2D eigenvalue weighted by atomic mass is 15.5. The van der Waals surface area contributed by atoms with E-state index in [-0.39, 0.29) is 0 Å². The minimum atomic E-state index is 0.782. The van der Waals surface area contributed by atoms with Crippen LogP contribution >= 0.6 is 0 Å². The van der Waals surface area contributed by atoms with E-state index in [1.54, 1.807) is 4.80 Å². The number of nitrogens with zero attached hydrogens (tertiary/aromatic N) is 4. The zero-order valence-electron chi connectivity index (χ0n) is 13.1. The average molecular weight is 296 g/mol. The second-order valence-corrected chi connectivity index (χ2v) is 6.69. The van der Waals surface area contributed by atoms with Crippen LogP contribution in [0, 0.1) is 5.92 Å². The molecule has 2 heterocycles. The number of piperidine rings is 1. The van der Waals surface area contributed by atoms with Crippen LogP contribution in [-0.2, 0) is 6.54 Å². The van der Waals surface area contributed by atoms with E-state index < -0.39 is 0 Å². The lowest BCUT2D eigenvalue weighted by Crippen LogP contribution is -2.46. The minimum Gasteiger partial charge on any atom is -0.294 e. The first-order chi connectivity index (χ1) is 10.9. The smallest absolute Gasteiger partial charge is 0.0971 e. The van der Waals surface area contributed by atoms with Crippen LogP contribution in [0.5, 0.6) is 0 Å². The molecular formula is C18H24N4. The van der Waals surface area contributed by atoms with E-state index in [0.717, 1.165) is 29.9 Å². The molecule has 22 heavy (non-hydrogen) atoms. The molecule has 4 heteroatoms. The quantitative estimate of drug-likeness (QED) is 0.870. The molecule has 0 radical (unpaired) electrons. The normalized spacial score (nSPS) is 25.8. The highest BCUT2D eigenvalue weighted by Crippen LogP contribution is 2.35. The summed E-state index contributed by atoms with van der Waals surface area (Å²) in [6.07, 6.45) is 10.3. The van der Waals surface area contributed by atoms with Crippen molar-refractivity contribution in [3.63, 3.8) is 0 Å². The van der Waals surface area contributed by atoms with Gasteiger partial charge in [0.2, 0.25) is 0 Å². The molecule has 1 aromatic carbocycles. The van der Waals surface area contributed by atoms with E-state index in [0.29, 0.717) is 0 Å². The minimum absolute atomic E-state index is 0.782. The molecule has 1 aliphatic heterocycles. The number of hydrogen-bond acceptors (Lipinski definition) is 3. The molecule has 4 rings (SSSR count). The molecule has 1 saturated carbocycles. The average Bonchev–Trinajstić information content (AvgIpc) is 3.05. The van der Waals surface area contributed by atoms with Gasteiger partial charge >= 0.3 is 0 Å². The molecule has 1 aliphatic carbocycles. The van der Waals surface area contributed by atoms with Crippen LogP contribution in [-0.4, -0.2) is 32.5 Å². The topological polar surface area (TPSA) is 34.0 Å². The van der Waals surface area contributed by atoms with Crippen LogP contribution in [0.15, 0.2) is 36.5 Å². The third kappa shape index (κ3) is 2.80. The van der Waals surface area contributed by atoms with Crippen molar-refractivity contribution < 1.29 is 0 Å². The van der Waals surface area contributed by atoms with Crippen molar-refractivity contribution in [1.29, 1.82) is 0 Å². The van der Waals surface area contributed by atoms with Crippen molar-refractivity contribution in [3.05, 3.63) is 42.2 Å². The molecule has 2 atom stereocenters. The Kier molecular flexibility index (Phi) is 3.94. The standard InChI is InChI=1S/C18H24N4/c1-2-9-17(10-3-1)22-19-13-16(20-22)14-21-12-6-8-15-7-4-5-11-18(15)21/h1-3,9-10,13,15,18H,4-8,11-12,14H2/t15-,18-/m0/s1. The van der Waals surface area contributed by atoms with Gasteiger partial charge in [0, 0.05) is 12.6 Å². The van der Waals surface area contributed by atoms with Crippen molar-refractivity contribution >= 4 is 0 Å². The summed E-state index contributed by atoms with van der Waals surface area (Å²) in [6, 6.07) is 10.9. The summed E-state index contributed by atoms with van der Waals surface area (Å²) in [5, 5.41) is 9.11. The van der Waals surface area contributed by atoms with Crippen LogP contribution in [0.2, 0.25) is 0 Å². The van der Waals surface area contributed by atoms with Gasteiger partial charge in [-0.3, -0.25) is 4.90 Å². The molecule has 0 amide bonds. The van der Waals surface area contributed by atoms with Crippen LogP contribution in [0.4, 0.5) is 0 Å². The summed E-state index contributed by atoms with van der Waals surface area (Å²) in [5.41, 5.74) is 2.12. The second-order valence-electron chi connectivity index (χ2n) is 6.69. The van der Waals surface area contributed by atoms with Gasteiger partial charge in [-0.05, 0) is 50.3 Å². The summed E-state index contributed by atoms with van der Waals surface area (Å²) in [5.74, 6) is 0.923. The third-order valence-electron chi connectivity index (χ3n) is 5.25. The van der Waals surface area contributed by atoms with Gasteiger partial charge in [0.25, 0.3) is 0 Å². The monoisotopic (exact) mass is 296 g/mol. The Morgan fingerprint density at radius 1 is 1.00 bits per heavy atom. The zero-order valence-corrected chi connectivity index (χ0v) is 13.1. The first-order valence-electron chi connectivity index (χ1n) is 8.61. The molecule has 0 bridgehead atoms. The van der Waals surface area contributed by atoms with Crippen LogP contribution in [0.25, 0.3) is 5.69 Å². The Morgan fingerprint density at radius 2 is 1.82 bits per heavy atom. The summed E-state index contributed by atoms with van der Waals surface area (Å²) in [6.45, 7) is 2.17. The summed E-state index contributed by atoms with van der Waals surface area (Å²) in [4.78, 5) is 4.41. The summed E-state index contributed by atoms with van der Waals surface area (Å²) in [7, 11) is 0. The van der Waals surface area contributed by atoms with E-state index in [1.807, 2.05) is 36.5 Å². The summed E-state index contributed by atoms with van der Waals surface area (Å²) >= 11 is 0. The van der Waals surface area contributed by atoms with E-state index >= 15 is 0 Å². The van der Waals surface area contributed by atoms with Gasteiger partial charge in [-0.2, -0.15) is 15.0 Å². The molecule has 2 aliphatic rings. The maximum Gasteiger partial charge on any atom is 0.0971 e. The Balaban J connectivity index is 1.48. The maximum absolute atomic E-state index is 4.68. The van der Waals surface area contributed by atoms with Crippen LogP contribution in [0.1, 0.15) is 44.2 Å². The Bertz CT molecular complexity index is 605. The van der Waals surface area contributed by atoms with Gasteiger partial charge in [-0.25, -0.2) is 0 Å². The first-order valence-corrected chi connectivity index (χ1v) is 8.61. The molecule has 1 saturated heterocycles. The first kappa shape index (κ1) is 13.9. The Morgan fingerprint density at radius 3 is 2.73 bits per heavy atom. The number of fused-ring (bicyclic) bond motifs is 1. The van der Waals surface area contributed by atoms with Gasteiger partial charge < -0.3 is 0 Å². The fourth-order valence-corrected chi connectivity index (χ4v) is 4.19. The van der Waals surface area contributed by atoms with Gasteiger partial charge in [0.05, 0.1) is 17.6 Å². The fraction of sp³-hybridized carbons (Fsp3) is 0.556. The van der Waals surface area contributed by atoms with E-state index in [2.05, 4.69) is 15.1 Å². The number of para-hydroxylation sites is 1. The van der Waals surface area contributed by atoms with Crippen LogP contribution in [0.3, 0.4) is 0 Å². The largest absolute Gasteiger partial charge is 0.294 e. The number of aromatic nitrogens is 3. The molecule has 0 unspecified atom stereocenters. The third-order valence-corrected chi connectivity index (χ3v) is 5.25. The number of benzene rings is 1. The molecule has 0 spiro atoms. The van der Waals surface area contributed by atoms with Crippen molar-refractivity contribution in [3.8, 4) is 5.69 Å². The van der Waals surface area contributed by atoms with E-state index in [9.17, 15) is 0 Å². The molecule has 0 N–H and O–H groups in total. The van der Waals surface area contributed by atoms with Crippen molar-refractivity contribution in [2.75, 3.05) is 6.54 Å². The molecule has 4 nitrogen and oxygen atoms in total. The lowest BCUT2D eigenvalue weighted by molar-refractivity contribution is 0.0536. The molecule has 116 valence electrons. The highest BCUT2D eigenvalue weighted by molar-refractivity contribution is 5.28. The molecule has 2 aromatic rings. The number of likely N-dealkylation sites (tertiary alicyclic amines) is 1. The van der Waals surface area contributed by atoms with Gasteiger partial charge in [-0.15, -0.1) is 0 Å².